The molecular weight excluding hydrogens is 206 g/mol. The molecule has 0 aliphatic carbocycles. The summed E-state index contributed by atoms with van der Waals surface area (Å²) in [6.45, 7) is 9.04. The van der Waals surface area contributed by atoms with E-state index in [0.717, 1.165) is 13.0 Å². The van der Waals surface area contributed by atoms with Gasteiger partial charge in [-0.3, -0.25) is 9.59 Å². The molecule has 0 atom stereocenters. The lowest BCUT2D eigenvalue weighted by molar-refractivity contribution is -0.140. The highest BCUT2D eigenvalue weighted by Gasteiger charge is 2.26. The summed E-state index contributed by atoms with van der Waals surface area (Å²) in [5, 5.41) is 8.74. The minimum Gasteiger partial charge on any atom is -0.481 e. The van der Waals surface area contributed by atoms with E-state index in [1.165, 1.54) is 0 Å². The second-order valence-corrected chi connectivity index (χ2v) is 4.88. The molecule has 0 saturated heterocycles. The van der Waals surface area contributed by atoms with Crippen LogP contribution in [-0.4, -0.2) is 35.0 Å². The van der Waals surface area contributed by atoms with E-state index in [2.05, 4.69) is 0 Å². The summed E-state index contributed by atoms with van der Waals surface area (Å²) < 4.78 is 0. The zero-order valence-electron chi connectivity index (χ0n) is 10.7. The molecule has 0 aromatic heterocycles. The molecule has 0 heterocycles. The van der Waals surface area contributed by atoms with E-state index in [-0.39, 0.29) is 12.3 Å². The molecule has 0 aliphatic heterocycles. The van der Waals surface area contributed by atoms with E-state index in [1.807, 2.05) is 27.7 Å². The Balaban J connectivity index is 4.34. The van der Waals surface area contributed by atoms with Gasteiger partial charge in [0.25, 0.3) is 0 Å². The van der Waals surface area contributed by atoms with Crippen molar-refractivity contribution < 1.29 is 14.7 Å². The van der Waals surface area contributed by atoms with Gasteiger partial charge in [0.1, 0.15) is 0 Å². The van der Waals surface area contributed by atoms with Crippen molar-refractivity contribution in [3.8, 4) is 0 Å². The average Bonchev–Trinajstić information content (AvgIpc) is 2.10. The number of amides is 1. The van der Waals surface area contributed by atoms with Crippen molar-refractivity contribution in [1.29, 1.82) is 0 Å². The molecule has 1 amide bonds. The van der Waals surface area contributed by atoms with Crippen LogP contribution < -0.4 is 0 Å². The Morgan fingerprint density at radius 1 is 1.19 bits per heavy atom. The predicted molar refractivity (Wildman–Crippen MR) is 63.2 cm³/mol. The fourth-order valence-electron chi connectivity index (χ4n) is 1.72. The van der Waals surface area contributed by atoms with Crippen LogP contribution in [-0.2, 0) is 9.59 Å². The first-order valence-electron chi connectivity index (χ1n) is 5.82. The number of carbonyl (C=O) groups excluding carboxylic acids is 1. The topological polar surface area (TPSA) is 57.6 Å². The summed E-state index contributed by atoms with van der Waals surface area (Å²) in [6, 6.07) is 0. The molecule has 4 heteroatoms. The second-order valence-electron chi connectivity index (χ2n) is 4.88. The largest absolute Gasteiger partial charge is 0.481 e. The van der Waals surface area contributed by atoms with Crippen LogP contribution in [0.25, 0.3) is 0 Å². The zero-order valence-corrected chi connectivity index (χ0v) is 10.7. The van der Waals surface area contributed by atoms with Crippen LogP contribution in [0.3, 0.4) is 0 Å². The number of carbonyl (C=O) groups is 2. The fourth-order valence-corrected chi connectivity index (χ4v) is 1.72. The second kappa shape index (κ2) is 6.51. The molecule has 0 rings (SSSR count). The van der Waals surface area contributed by atoms with E-state index in [4.69, 9.17) is 5.11 Å². The number of carboxylic acid groups (broad SMARTS) is 1. The lowest BCUT2D eigenvalue weighted by Gasteiger charge is -2.27. The molecule has 16 heavy (non-hydrogen) atoms. The molecule has 1 N–H and O–H groups in total. The van der Waals surface area contributed by atoms with Gasteiger partial charge in [-0.25, -0.2) is 0 Å². The molecule has 0 bridgehead atoms. The summed E-state index contributed by atoms with van der Waals surface area (Å²) in [6.07, 6.45) is 1.26. The molecule has 0 aromatic rings. The fraction of sp³-hybridized carbons (Fsp3) is 0.833. The Hall–Kier alpha value is -1.06. The van der Waals surface area contributed by atoms with Crippen LogP contribution in [0.5, 0.6) is 0 Å². The van der Waals surface area contributed by atoms with Crippen molar-refractivity contribution in [2.75, 3.05) is 13.1 Å². The van der Waals surface area contributed by atoms with Gasteiger partial charge in [0, 0.05) is 19.5 Å². The third-order valence-electron chi connectivity index (χ3n) is 2.49. The van der Waals surface area contributed by atoms with E-state index >= 15 is 0 Å². The Kier molecular flexibility index (Phi) is 6.08. The molecule has 0 unspecified atom stereocenters. The summed E-state index contributed by atoms with van der Waals surface area (Å²) >= 11 is 0. The Morgan fingerprint density at radius 3 is 2.12 bits per heavy atom. The van der Waals surface area contributed by atoms with Crippen LogP contribution in [0.1, 0.15) is 47.0 Å². The van der Waals surface area contributed by atoms with Crippen LogP contribution in [0.15, 0.2) is 0 Å². The van der Waals surface area contributed by atoms with Crippen molar-refractivity contribution in [3.63, 3.8) is 0 Å². The molecule has 0 aromatic carbocycles. The van der Waals surface area contributed by atoms with Gasteiger partial charge in [-0.15, -0.1) is 0 Å². The standard InChI is InChI=1S/C12H23NO3/c1-5-7-13(6-2)10(14)8-12(3,4)9-11(15)16/h5-9H2,1-4H3,(H,15,16). The molecule has 0 fully saturated rings. The summed E-state index contributed by atoms with van der Waals surface area (Å²) in [4.78, 5) is 24.3. The van der Waals surface area contributed by atoms with Gasteiger partial charge >= 0.3 is 5.97 Å². The quantitative estimate of drug-likeness (QED) is 0.727. The van der Waals surface area contributed by atoms with Crippen LogP contribution in [0, 0.1) is 5.41 Å². The lowest BCUT2D eigenvalue weighted by atomic mass is 9.85. The van der Waals surface area contributed by atoms with Gasteiger partial charge in [0.05, 0.1) is 6.42 Å². The van der Waals surface area contributed by atoms with Crippen LogP contribution >= 0.6 is 0 Å². The number of hydrogen-bond donors (Lipinski definition) is 1. The number of rotatable bonds is 7. The van der Waals surface area contributed by atoms with E-state index in [0.29, 0.717) is 13.0 Å². The van der Waals surface area contributed by atoms with Crippen molar-refractivity contribution in [1.82, 2.24) is 4.90 Å². The minimum atomic E-state index is -0.851. The van der Waals surface area contributed by atoms with E-state index in [9.17, 15) is 9.59 Å². The van der Waals surface area contributed by atoms with Crippen molar-refractivity contribution in [3.05, 3.63) is 0 Å². The maximum absolute atomic E-state index is 11.9. The van der Waals surface area contributed by atoms with Crippen LogP contribution in [0.4, 0.5) is 0 Å². The van der Waals surface area contributed by atoms with Crippen molar-refractivity contribution >= 4 is 11.9 Å². The maximum Gasteiger partial charge on any atom is 0.303 e. The van der Waals surface area contributed by atoms with Gasteiger partial charge in [-0.2, -0.15) is 0 Å². The zero-order chi connectivity index (χ0) is 12.8. The normalized spacial score (nSPS) is 11.2. The number of aliphatic carboxylic acids is 1. The van der Waals surface area contributed by atoms with Crippen LogP contribution in [0.2, 0.25) is 0 Å². The molecule has 94 valence electrons. The van der Waals surface area contributed by atoms with Crippen molar-refractivity contribution in [2.24, 2.45) is 5.41 Å². The third kappa shape index (κ3) is 5.73. The molecule has 0 radical (unpaired) electrons. The van der Waals surface area contributed by atoms with E-state index in [1.54, 1.807) is 4.90 Å². The first-order valence-corrected chi connectivity index (χ1v) is 5.82. The Bertz CT molecular complexity index is 249. The number of nitrogens with zero attached hydrogens (tertiary/aromatic N) is 1. The Labute approximate surface area is 97.6 Å². The van der Waals surface area contributed by atoms with Gasteiger partial charge in [0.2, 0.25) is 5.91 Å². The molecule has 0 saturated carbocycles. The van der Waals surface area contributed by atoms with Gasteiger partial charge in [-0.05, 0) is 18.8 Å². The highest BCUT2D eigenvalue weighted by atomic mass is 16.4. The predicted octanol–water partition coefficient (Wildman–Crippen LogP) is 2.14. The highest BCUT2D eigenvalue weighted by molar-refractivity contribution is 5.78. The molecule has 0 spiro atoms. The van der Waals surface area contributed by atoms with E-state index < -0.39 is 11.4 Å². The van der Waals surface area contributed by atoms with Crippen molar-refractivity contribution in [2.45, 2.75) is 47.0 Å². The minimum absolute atomic E-state index is 0.0302. The summed E-state index contributed by atoms with van der Waals surface area (Å²) in [7, 11) is 0. The Morgan fingerprint density at radius 2 is 1.75 bits per heavy atom. The first kappa shape index (κ1) is 14.9. The highest BCUT2D eigenvalue weighted by Crippen LogP contribution is 2.25. The van der Waals surface area contributed by atoms with Gasteiger partial charge in [0.15, 0.2) is 0 Å². The van der Waals surface area contributed by atoms with Gasteiger partial charge in [-0.1, -0.05) is 20.8 Å². The van der Waals surface area contributed by atoms with Gasteiger partial charge < -0.3 is 10.0 Å². The number of carboxylic acids is 1. The average molecular weight is 229 g/mol. The summed E-state index contributed by atoms with van der Waals surface area (Å²) in [5.74, 6) is -0.799. The SMILES string of the molecule is CCCN(CC)C(=O)CC(C)(C)CC(=O)O. The first-order chi connectivity index (χ1) is 7.32. The molecule has 0 aliphatic rings. The molecular formula is C12H23NO3. The maximum atomic E-state index is 11.9. The third-order valence-corrected chi connectivity index (χ3v) is 2.49. The smallest absolute Gasteiger partial charge is 0.303 e. The monoisotopic (exact) mass is 229 g/mol. The number of hydrogen-bond acceptors (Lipinski definition) is 2. The lowest BCUT2D eigenvalue weighted by Crippen LogP contribution is -2.35. The molecule has 4 nitrogen and oxygen atoms in total. The summed E-state index contributed by atoms with van der Waals surface area (Å²) in [5.41, 5.74) is -0.468.